The van der Waals surface area contributed by atoms with Gasteiger partial charge in [-0.05, 0) is 42.2 Å². The van der Waals surface area contributed by atoms with Crippen LogP contribution in [-0.4, -0.2) is 34.8 Å². The number of nitrogens with zero attached hydrogens (tertiary/aromatic N) is 3. The molecular weight excluding hydrogens is 284 g/mol. The quantitative estimate of drug-likeness (QED) is 0.837. The molecule has 2 unspecified atom stereocenters. The molecule has 0 aliphatic carbocycles. The average Bonchev–Trinajstić information content (AvgIpc) is 2.64. The number of hydrogen-bond donors (Lipinski definition) is 1. The minimum Gasteiger partial charge on any atom is -0.382 e. The Hall–Kier alpha value is -0.460. The standard InChI is InChI=1S/C11H21BrN4O/c1-5-13-9(7-6-8(2)17-4)10-11(12)14-15-16(10)3/h8-9,13H,5-7H2,1-4H3. The van der Waals surface area contributed by atoms with E-state index in [9.17, 15) is 0 Å². The van der Waals surface area contributed by atoms with Gasteiger partial charge >= 0.3 is 0 Å². The van der Waals surface area contributed by atoms with E-state index in [2.05, 4.69) is 45.4 Å². The molecule has 0 radical (unpaired) electrons. The van der Waals surface area contributed by atoms with E-state index in [1.165, 1.54) is 0 Å². The summed E-state index contributed by atoms with van der Waals surface area (Å²) in [5.74, 6) is 0. The molecule has 0 aliphatic rings. The largest absolute Gasteiger partial charge is 0.382 e. The summed E-state index contributed by atoms with van der Waals surface area (Å²) in [5, 5.41) is 11.5. The van der Waals surface area contributed by atoms with E-state index >= 15 is 0 Å². The zero-order chi connectivity index (χ0) is 12.8. The van der Waals surface area contributed by atoms with Crippen molar-refractivity contribution in [1.82, 2.24) is 20.3 Å². The van der Waals surface area contributed by atoms with Crippen LogP contribution in [0.25, 0.3) is 0 Å². The summed E-state index contributed by atoms with van der Waals surface area (Å²) in [6.07, 6.45) is 2.28. The maximum absolute atomic E-state index is 5.28. The van der Waals surface area contributed by atoms with Gasteiger partial charge in [0, 0.05) is 14.2 Å². The Morgan fingerprint density at radius 1 is 1.47 bits per heavy atom. The molecule has 17 heavy (non-hydrogen) atoms. The van der Waals surface area contributed by atoms with Gasteiger partial charge in [-0.1, -0.05) is 12.1 Å². The van der Waals surface area contributed by atoms with Crippen molar-refractivity contribution in [1.29, 1.82) is 0 Å². The van der Waals surface area contributed by atoms with Gasteiger partial charge in [0.05, 0.1) is 17.8 Å². The predicted molar refractivity (Wildman–Crippen MR) is 70.8 cm³/mol. The van der Waals surface area contributed by atoms with Crippen LogP contribution in [0.4, 0.5) is 0 Å². The number of rotatable bonds is 7. The van der Waals surface area contributed by atoms with Crippen LogP contribution in [-0.2, 0) is 11.8 Å². The topological polar surface area (TPSA) is 52.0 Å². The van der Waals surface area contributed by atoms with Crippen molar-refractivity contribution >= 4 is 15.9 Å². The van der Waals surface area contributed by atoms with Crippen LogP contribution in [0.2, 0.25) is 0 Å². The molecule has 0 aromatic carbocycles. The molecule has 0 saturated carbocycles. The summed E-state index contributed by atoms with van der Waals surface area (Å²) in [6, 6.07) is 0.256. The molecular formula is C11H21BrN4O. The molecule has 1 aromatic rings. The zero-order valence-corrected chi connectivity index (χ0v) is 12.5. The van der Waals surface area contributed by atoms with Crippen molar-refractivity contribution in [3.8, 4) is 0 Å². The first kappa shape index (κ1) is 14.6. The number of nitrogens with one attached hydrogen (secondary N) is 1. The third kappa shape index (κ3) is 4.04. The molecule has 1 heterocycles. The predicted octanol–water partition coefficient (Wildman–Crippen LogP) is 2.04. The summed E-state index contributed by atoms with van der Waals surface area (Å²) in [6.45, 7) is 5.10. The summed E-state index contributed by atoms with van der Waals surface area (Å²) in [4.78, 5) is 0. The fourth-order valence-corrected chi connectivity index (χ4v) is 2.41. The number of methoxy groups -OCH3 is 1. The second-order valence-electron chi connectivity index (χ2n) is 4.12. The van der Waals surface area contributed by atoms with Crippen LogP contribution >= 0.6 is 15.9 Å². The molecule has 2 atom stereocenters. The molecule has 1 rings (SSSR count). The zero-order valence-electron chi connectivity index (χ0n) is 10.9. The highest BCUT2D eigenvalue weighted by molar-refractivity contribution is 9.10. The number of hydrogen-bond acceptors (Lipinski definition) is 4. The van der Waals surface area contributed by atoms with Crippen LogP contribution in [0.3, 0.4) is 0 Å². The van der Waals surface area contributed by atoms with Gasteiger partial charge in [-0.25, -0.2) is 4.68 Å². The Bertz CT molecular complexity index is 323. The second-order valence-corrected chi connectivity index (χ2v) is 4.87. The lowest BCUT2D eigenvalue weighted by molar-refractivity contribution is 0.106. The Morgan fingerprint density at radius 2 is 2.18 bits per heavy atom. The van der Waals surface area contributed by atoms with Crippen LogP contribution in [0.15, 0.2) is 4.60 Å². The van der Waals surface area contributed by atoms with Crippen molar-refractivity contribution < 1.29 is 4.74 Å². The van der Waals surface area contributed by atoms with E-state index in [-0.39, 0.29) is 12.1 Å². The smallest absolute Gasteiger partial charge is 0.153 e. The molecule has 5 nitrogen and oxygen atoms in total. The van der Waals surface area contributed by atoms with E-state index in [1.807, 2.05) is 11.7 Å². The van der Waals surface area contributed by atoms with Crippen molar-refractivity contribution in [3.63, 3.8) is 0 Å². The molecule has 0 saturated heterocycles. The minimum atomic E-state index is 0.256. The summed E-state index contributed by atoms with van der Waals surface area (Å²) in [7, 11) is 3.66. The summed E-state index contributed by atoms with van der Waals surface area (Å²) >= 11 is 3.45. The van der Waals surface area contributed by atoms with Crippen molar-refractivity contribution in [3.05, 3.63) is 10.3 Å². The SMILES string of the molecule is CCNC(CCC(C)OC)c1c(Br)nnn1C. The number of aryl methyl sites for hydroxylation is 1. The number of aromatic nitrogens is 3. The van der Waals surface area contributed by atoms with Crippen LogP contribution in [0.5, 0.6) is 0 Å². The van der Waals surface area contributed by atoms with Crippen LogP contribution in [0, 0.1) is 0 Å². The van der Waals surface area contributed by atoms with Crippen LogP contribution in [0.1, 0.15) is 38.4 Å². The van der Waals surface area contributed by atoms with E-state index in [0.29, 0.717) is 0 Å². The third-order valence-electron chi connectivity index (χ3n) is 2.87. The molecule has 0 amide bonds. The second kappa shape index (κ2) is 7.08. The number of ether oxygens (including phenoxy) is 1. The fourth-order valence-electron chi connectivity index (χ4n) is 1.81. The lowest BCUT2D eigenvalue weighted by Gasteiger charge is -2.19. The lowest BCUT2D eigenvalue weighted by atomic mass is 10.1. The highest BCUT2D eigenvalue weighted by atomic mass is 79.9. The Morgan fingerprint density at radius 3 is 2.65 bits per heavy atom. The highest BCUT2D eigenvalue weighted by Gasteiger charge is 2.19. The van der Waals surface area contributed by atoms with E-state index in [1.54, 1.807) is 7.11 Å². The van der Waals surface area contributed by atoms with Gasteiger partial charge in [0.2, 0.25) is 0 Å². The van der Waals surface area contributed by atoms with Gasteiger partial charge in [-0.3, -0.25) is 0 Å². The van der Waals surface area contributed by atoms with E-state index < -0.39 is 0 Å². The number of halogens is 1. The molecule has 1 N–H and O–H groups in total. The highest BCUT2D eigenvalue weighted by Crippen LogP contribution is 2.24. The summed E-state index contributed by atoms with van der Waals surface area (Å²) in [5.41, 5.74) is 1.09. The van der Waals surface area contributed by atoms with Crippen LogP contribution < -0.4 is 5.32 Å². The first-order chi connectivity index (χ1) is 8.10. The average molecular weight is 305 g/mol. The van der Waals surface area contributed by atoms with Crippen molar-refractivity contribution in [2.45, 2.75) is 38.8 Å². The lowest BCUT2D eigenvalue weighted by Crippen LogP contribution is -2.24. The van der Waals surface area contributed by atoms with Crippen molar-refractivity contribution in [2.24, 2.45) is 7.05 Å². The molecule has 6 heteroatoms. The Balaban J connectivity index is 2.72. The van der Waals surface area contributed by atoms with Gasteiger partial charge in [0.25, 0.3) is 0 Å². The van der Waals surface area contributed by atoms with Gasteiger partial charge in [-0.2, -0.15) is 0 Å². The maximum atomic E-state index is 5.28. The first-order valence-electron chi connectivity index (χ1n) is 5.91. The van der Waals surface area contributed by atoms with Gasteiger partial charge < -0.3 is 10.1 Å². The Labute approximate surface area is 111 Å². The first-order valence-corrected chi connectivity index (χ1v) is 6.70. The van der Waals surface area contributed by atoms with E-state index in [4.69, 9.17) is 4.74 Å². The molecule has 0 spiro atoms. The van der Waals surface area contributed by atoms with Gasteiger partial charge in [0.1, 0.15) is 0 Å². The third-order valence-corrected chi connectivity index (χ3v) is 3.44. The van der Waals surface area contributed by atoms with Gasteiger partial charge in [-0.15, -0.1) is 5.10 Å². The molecule has 0 fully saturated rings. The minimum absolute atomic E-state index is 0.256. The normalized spacial score (nSPS) is 14.9. The summed E-state index contributed by atoms with van der Waals surface area (Å²) < 4.78 is 7.91. The monoisotopic (exact) mass is 304 g/mol. The van der Waals surface area contributed by atoms with Gasteiger partial charge in [0.15, 0.2) is 4.60 Å². The molecule has 1 aromatic heterocycles. The fraction of sp³-hybridized carbons (Fsp3) is 0.818. The van der Waals surface area contributed by atoms with E-state index in [0.717, 1.165) is 29.7 Å². The Kier molecular flexibility index (Phi) is 6.08. The molecule has 0 bridgehead atoms. The maximum Gasteiger partial charge on any atom is 0.153 e. The van der Waals surface area contributed by atoms with Crippen molar-refractivity contribution in [2.75, 3.05) is 13.7 Å². The molecule has 98 valence electrons. The molecule has 0 aliphatic heterocycles.